The second-order valence-electron chi connectivity index (χ2n) is 5.14. The molecule has 0 fully saturated rings. The predicted octanol–water partition coefficient (Wildman–Crippen LogP) is 1.84. The lowest BCUT2D eigenvalue weighted by atomic mass is 10.2. The van der Waals surface area contributed by atoms with Crippen LogP contribution in [0.3, 0.4) is 0 Å². The molecule has 0 saturated heterocycles. The molecule has 0 atom stereocenters. The van der Waals surface area contributed by atoms with Crippen molar-refractivity contribution in [2.45, 2.75) is 4.90 Å². The average Bonchev–Trinajstić information content (AvgIpc) is 2.60. The molecule has 0 unspecified atom stereocenters. The van der Waals surface area contributed by atoms with Crippen molar-refractivity contribution in [3.05, 3.63) is 36.4 Å². The molecular weight excluding hydrogens is 348 g/mol. The molecule has 0 spiro atoms. The van der Waals surface area contributed by atoms with E-state index in [1.165, 1.54) is 26.4 Å². The first-order valence-corrected chi connectivity index (χ1v) is 8.73. The Bertz CT molecular complexity index is 926. The quantitative estimate of drug-likeness (QED) is 0.839. The molecule has 1 aliphatic rings. The van der Waals surface area contributed by atoms with Crippen molar-refractivity contribution in [2.75, 3.05) is 30.9 Å². The molecule has 2 aromatic rings. The fourth-order valence-electron chi connectivity index (χ4n) is 2.39. The third-order valence-corrected chi connectivity index (χ3v) is 4.93. The molecule has 132 valence electrons. The largest absolute Gasteiger partial charge is 0.497 e. The number of sulfonamides is 1. The van der Waals surface area contributed by atoms with Gasteiger partial charge in [-0.1, -0.05) is 6.07 Å². The Morgan fingerprint density at radius 2 is 1.96 bits per heavy atom. The number of amides is 1. The second-order valence-corrected chi connectivity index (χ2v) is 6.79. The number of benzene rings is 2. The first-order valence-electron chi connectivity index (χ1n) is 7.25. The molecule has 0 bridgehead atoms. The number of rotatable bonds is 5. The van der Waals surface area contributed by atoms with Gasteiger partial charge in [0.2, 0.25) is 0 Å². The molecular formula is C16H16N2O6S. The lowest BCUT2D eigenvalue weighted by molar-refractivity contribution is -0.118. The zero-order valence-electron chi connectivity index (χ0n) is 13.5. The maximum absolute atomic E-state index is 12.8. The molecule has 2 aromatic carbocycles. The number of carbonyl (C=O) groups excluding carboxylic acids is 1. The number of hydrogen-bond acceptors (Lipinski definition) is 6. The highest BCUT2D eigenvalue weighted by Gasteiger charge is 2.25. The van der Waals surface area contributed by atoms with Crippen molar-refractivity contribution in [3.8, 4) is 17.2 Å². The molecule has 1 heterocycles. The summed E-state index contributed by atoms with van der Waals surface area (Å²) in [6.07, 6.45) is 0. The van der Waals surface area contributed by atoms with Gasteiger partial charge < -0.3 is 19.5 Å². The molecule has 1 amide bonds. The van der Waals surface area contributed by atoms with Gasteiger partial charge in [-0.3, -0.25) is 9.52 Å². The monoisotopic (exact) mass is 364 g/mol. The third-order valence-electron chi connectivity index (χ3n) is 3.54. The van der Waals surface area contributed by atoms with E-state index in [9.17, 15) is 13.2 Å². The molecule has 9 heteroatoms. The smallest absolute Gasteiger partial charge is 0.265 e. The molecule has 0 aromatic heterocycles. The van der Waals surface area contributed by atoms with Gasteiger partial charge in [0.25, 0.3) is 15.9 Å². The Morgan fingerprint density at radius 3 is 2.68 bits per heavy atom. The number of methoxy groups -OCH3 is 2. The summed E-state index contributed by atoms with van der Waals surface area (Å²) in [6.45, 7) is -0.186. The number of ether oxygens (including phenoxy) is 3. The topological polar surface area (TPSA) is 103 Å². The molecule has 0 aliphatic carbocycles. The van der Waals surface area contributed by atoms with E-state index in [1.54, 1.807) is 24.3 Å². The fourth-order valence-corrected chi connectivity index (χ4v) is 3.64. The Hall–Kier alpha value is -2.94. The summed E-state index contributed by atoms with van der Waals surface area (Å²) in [6, 6.07) is 9.23. The van der Waals surface area contributed by atoms with Crippen molar-refractivity contribution in [1.29, 1.82) is 0 Å². The highest BCUT2D eigenvalue weighted by molar-refractivity contribution is 7.92. The average molecular weight is 364 g/mol. The van der Waals surface area contributed by atoms with Gasteiger partial charge in [0, 0.05) is 6.07 Å². The van der Waals surface area contributed by atoms with Gasteiger partial charge in [0.1, 0.15) is 16.4 Å². The van der Waals surface area contributed by atoms with Crippen LogP contribution in [-0.2, 0) is 14.8 Å². The Labute approximate surface area is 144 Å². The van der Waals surface area contributed by atoms with E-state index in [0.717, 1.165) is 0 Å². The van der Waals surface area contributed by atoms with E-state index in [4.69, 9.17) is 14.2 Å². The van der Waals surface area contributed by atoms with Gasteiger partial charge in [-0.2, -0.15) is 0 Å². The minimum Gasteiger partial charge on any atom is -0.497 e. The summed E-state index contributed by atoms with van der Waals surface area (Å²) >= 11 is 0. The third kappa shape index (κ3) is 3.31. The van der Waals surface area contributed by atoms with Crippen molar-refractivity contribution < 1.29 is 27.4 Å². The second kappa shape index (κ2) is 6.52. The lowest BCUT2D eigenvalue weighted by Crippen LogP contribution is -2.26. The van der Waals surface area contributed by atoms with Gasteiger partial charge in [0.05, 0.1) is 25.6 Å². The number of nitrogens with one attached hydrogen (secondary N) is 2. The van der Waals surface area contributed by atoms with Crippen molar-refractivity contribution in [2.24, 2.45) is 0 Å². The molecule has 8 nitrogen and oxygen atoms in total. The summed E-state index contributed by atoms with van der Waals surface area (Å²) < 4.78 is 43.7. The summed E-state index contributed by atoms with van der Waals surface area (Å²) in [5.74, 6) is 0.501. The SMILES string of the molecule is COc1ccc(OC)c(S(=O)(=O)Nc2cccc3c2OCC(=O)N3)c1. The van der Waals surface area contributed by atoms with Gasteiger partial charge in [-0.05, 0) is 24.3 Å². The van der Waals surface area contributed by atoms with Crippen LogP contribution < -0.4 is 24.2 Å². The van der Waals surface area contributed by atoms with Crippen LogP contribution in [0.15, 0.2) is 41.3 Å². The van der Waals surface area contributed by atoms with Crippen molar-refractivity contribution in [1.82, 2.24) is 0 Å². The van der Waals surface area contributed by atoms with Crippen molar-refractivity contribution in [3.63, 3.8) is 0 Å². The summed E-state index contributed by atoms with van der Waals surface area (Å²) in [5, 5.41) is 2.62. The van der Waals surface area contributed by atoms with Crippen LogP contribution in [-0.4, -0.2) is 35.2 Å². The zero-order valence-corrected chi connectivity index (χ0v) is 14.3. The molecule has 0 saturated carbocycles. The predicted molar refractivity (Wildman–Crippen MR) is 90.9 cm³/mol. The van der Waals surface area contributed by atoms with Gasteiger partial charge in [0.15, 0.2) is 12.4 Å². The van der Waals surface area contributed by atoms with Crippen LogP contribution in [0.2, 0.25) is 0 Å². The summed E-state index contributed by atoms with van der Waals surface area (Å²) in [5.41, 5.74) is 0.608. The minimum absolute atomic E-state index is 0.0770. The Balaban J connectivity index is 2.01. The first kappa shape index (κ1) is 16.9. The van der Waals surface area contributed by atoms with Gasteiger partial charge in [-0.15, -0.1) is 0 Å². The summed E-state index contributed by atoms with van der Waals surface area (Å²) in [4.78, 5) is 11.3. The number of carbonyl (C=O) groups is 1. The number of hydrogen-bond donors (Lipinski definition) is 2. The maximum atomic E-state index is 12.8. The Kier molecular flexibility index (Phi) is 4.41. The minimum atomic E-state index is -3.98. The lowest BCUT2D eigenvalue weighted by Gasteiger charge is -2.21. The van der Waals surface area contributed by atoms with Crippen LogP contribution in [0.25, 0.3) is 0 Å². The van der Waals surface area contributed by atoms with E-state index in [0.29, 0.717) is 11.4 Å². The van der Waals surface area contributed by atoms with E-state index < -0.39 is 10.0 Å². The van der Waals surface area contributed by atoms with E-state index in [2.05, 4.69) is 10.0 Å². The van der Waals surface area contributed by atoms with Crippen LogP contribution >= 0.6 is 0 Å². The standard InChI is InChI=1S/C16H16N2O6S/c1-22-10-6-7-13(23-2)14(8-10)25(20,21)18-12-5-3-4-11-16(12)24-9-15(19)17-11/h3-8,18H,9H2,1-2H3,(H,17,19). The van der Waals surface area contributed by atoms with E-state index in [-0.39, 0.29) is 34.6 Å². The van der Waals surface area contributed by atoms with Crippen LogP contribution in [0.4, 0.5) is 11.4 Å². The summed E-state index contributed by atoms with van der Waals surface area (Å²) in [7, 11) is -1.16. The molecule has 1 aliphatic heterocycles. The molecule has 2 N–H and O–H groups in total. The van der Waals surface area contributed by atoms with Gasteiger partial charge in [-0.25, -0.2) is 8.42 Å². The van der Waals surface area contributed by atoms with Crippen LogP contribution in [0, 0.1) is 0 Å². The van der Waals surface area contributed by atoms with E-state index in [1.807, 2.05) is 0 Å². The fraction of sp³-hybridized carbons (Fsp3) is 0.188. The van der Waals surface area contributed by atoms with Crippen LogP contribution in [0.5, 0.6) is 17.2 Å². The maximum Gasteiger partial charge on any atom is 0.265 e. The van der Waals surface area contributed by atoms with Gasteiger partial charge >= 0.3 is 0 Å². The first-order chi connectivity index (χ1) is 11.9. The van der Waals surface area contributed by atoms with Crippen LogP contribution in [0.1, 0.15) is 0 Å². The zero-order chi connectivity index (χ0) is 18.0. The highest BCUT2D eigenvalue weighted by atomic mass is 32.2. The Morgan fingerprint density at radius 1 is 1.16 bits per heavy atom. The molecule has 3 rings (SSSR count). The normalized spacial score (nSPS) is 13.3. The number of fused-ring (bicyclic) bond motifs is 1. The number of para-hydroxylation sites is 1. The molecule has 25 heavy (non-hydrogen) atoms. The highest BCUT2D eigenvalue weighted by Crippen LogP contribution is 2.37. The van der Waals surface area contributed by atoms with E-state index >= 15 is 0 Å². The number of anilines is 2. The van der Waals surface area contributed by atoms with Crippen molar-refractivity contribution >= 4 is 27.3 Å². The molecule has 0 radical (unpaired) electrons.